The van der Waals surface area contributed by atoms with Gasteiger partial charge in [-0.2, -0.15) is 5.10 Å². The van der Waals surface area contributed by atoms with Gasteiger partial charge in [0.25, 0.3) is 5.91 Å². The summed E-state index contributed by atoms with van der Waals surface area (Å²) in [5.74, 6) is -0.205. The third-order valence-corrected chi connectivity index (χ3v) is 3.01. The Hall–Kier alpha value is -2.50. The molecule has 20 heavy (non-hydrogen) atoms. The number of aromatic nitrogens is 2. The summed E-state index contributed by atoms with van der Waals surface area (Å²) in [6, 6.07) is 6.20. The fourth-order valence-corrected chi connectivity index (χ4v) is 1.92. The number of aromatic hydroxyl groups is 1. The van der Waals surface area contributed by atoms with E-state index in [2.05, 4.69) is 10.4 Å². The van der Waals surface area contributed by atoms with E-state index in [0.717, 1.165) is 12.1 Å². The van der Waals surface area contributed by atoms with Gasteiger partial charge in [-0.1, -0.05) is 6.92 Å². The number of hydrogen-bond acceptors (Lipinski definition) is 4. The standard InChI is InChI=1S/C14H18N4O2/c1-3-9-7-13(18(4-2)17-9)14(20)16-12-6-5-10(19)8-11(12)15/h5-8,19H,3-4,15H2,1-2H3,(H,16,20). The first-order valence-corrected chi connectivity index (χ1v) is 6.51. The first kappa shape index (κ1) is 13.9. The zero-order chi connectivity index (χ0) is 14.7. The molecule has 0 radical (unpaired) electrons. The molecule has 0 aliphatic carbocycles. The number of carbonyl (C=O) groups excluding carboxylic acids is 1. The van der Waals surface area contributed by atoms with E-state index in [1.54, 1.807) is 16.8 Å². The molecule has 106 valence electrons. The van der Waals surface area contributed by atoms with Gasteiger partial charge < -0.3 is 16.2 Å². The highest BCUT2D eigenvalue weighted by molar-refractivity contribution is 6.04. The molecule has 0 atom stereocenters. The number of phenolic OH excluding ortho intramolecular Hbond substituents is 1. The zero-order valence-electron chi connectivity index (χ0n) is 11.6. The van der Waals surface area contributed by atoms with Gasteiger partial charge in [-0.15, -0.1) is 0 Å². The third-order valence-electron chi connectivity index (χ3n) is 3.01. The molecule has 6 nitrogen and oxygen atoms in total. The average Bonchev–Trinajstić information content (AvgIpc) is 2.85. The summed E-state index contributed by atoms with van der Waals surface area (Å²) in [5, 5.41) is 16.4. The molecule has 1 amide bonds. The molecule has 1 heterocycles. The summed E-state index contributed by atoms with van der Waals surface area (Å²) in [7, 11) is 0. The monoisotopic (exact) mass is 274 g/mol. The molecule has 2 aromatic rings. The molecule has 4 N–H and O–H groups in total. The van der Waals surface area contributed by atoms with Crippen LogP contribution in [0.2, 0.25) is 0 Å². The van der Waals surface area contributed by atoms with Crippen molar-refractivity contribution in [3.63, 3.8) is 0 Å². The lowest BCUT2D eigenvalue weighted by molar-refractivity contribution is 0.101. The molecule has 0 fully saturated rings. The van der Waals surface area contributed by atoms with Crippen LogP contribution in [0.25, 0.3) is 0 Å². The third kappa shape index (κ3) is 2.74. The summed E-state index contributed by atoms with van der Waals surface area (Å²) in [4.78, 5) is 12.3. The molecule has 0 bridgehead atoms. The highest BCUT2D eigenvalue weighted by atomic mass is 16.3. The molecule has 0 aliphatic heterocycles. The number of nitrogen functional groups attached to an aromatic ring is 1. The van der Waals surface area contributed by atoms with Crippen LogP contribution in [0.15, 0.2) is 24.3 Å². The second-order valence-electron chi connectivity index (χ2n) is 4.42. The second kappa shape index (κ2) is 5.64. The van der Waals surface area contributed by atoms with Crippen LogP contribution in [0.1, 0.15) is 30.0 Å². The number of aryl methyl sites for hydroxylation is 2. The van der Waals surface area contributed by atoms with E-state index in [4.69, 9.17) is 5.73 Å². The van der Waals surface area contributed by atoms with Gasteiger partial charge in [-0.05, 0) is 31.5 Å². The number of phenols is 1. The Balaban J connectivity index is 2.25. The smallest absolute Gasteiger partial charge is 0.273 e. The minimum absolute atomic E-state index is 0.0624. The van der Waals surface area contributed by atoms with Crippen LogP contribution in [0.4, 0.5) is 11.4 Å². The van der Waals surface area contributed by atoms with Gasteiger partial charge in [0.05, 0.1) is 17.1 Å². The lowest BCUT2D eigenvalue weighted by Gasteiger charge is -2.09. The van der Waals surface area contributed by atoms with Crippen LogP contribution >= 0.6 is 0 Å². The number of benzene rings is 1. The Morgan fingerprint density at radius 2 is 2.15 bits per heavy atom. The van der Waals surface area contributed by atoms with Gasteiger partial charge in [-0.3, -0.25) is 9.48 Å². The van der Waals surface area contributed by atoms with Crippen molar-refractivity contribution in [2.45, 2.75) is 26.8 Å². The van der Waals surface area contributed by atoms with E-state index in [0.29, 0.717) is 23.6 Å². The Morgan fingerprint density at radius 3 is 2.75 bits per heavy atom. The minimum atomic E-state index is -0.267. The molecular formula is C14H18N4O2. The van der Waals surface area contributed by atoms with Gasteiger partial charge in [0, 0.05) is 12.6 Å². The van der Waals surface area contributed by atoms with Crippen molar-refractivity contribution in [3.8, 4) is 5.75 Å². The molecule has 2 rings (SSSR count). The quantitative estimate of drug-likeness (QED) is 0.587. The van der Waals surface area contributed by atoms with Crippen LogP contribution in [0.3, 0.4) is 0 Å². The summed E-state index contributed by atoms with van der Waals surface area (Å²) < 4.78 is 1.66. The van der Waals surface area contributed by atoms with E-state index in [1.165, 1.54) is 12.1 Å². The number of anilines is 2. The number of amides is 1. The summed E-state index contributed by atoms with van der Waals surface area (Å²) >= 11 is 0. The van der Waals surface area contributed by atoms with E-state index in [1.807, 2.05) is 13.8 Å². The van der Waals surface area contributed by atoms with Crippen LogP contribution in [0.5, 0.6) is 5.75 Å². The van der Waals surface area contributed by atoms with E-state index >= 15 is 0 Å². The molecular weight excluding hydrogens is 256 g/mol. The molecule has 0 spiro atoms. The van der Waals surface area contributed by atoms with Crippen LogP contribution < -0.4 is 11.1 Å². The van der Waals surface area contributed by atoms with Gasteiger partial charge in [0.15, 0.2) is 0 Å². The second-order valence-corrected chi connectivity index (χ2v) is 4.42. The first-order valence-electron chi connectivity index (χ1n) is 6.51. The normalized spacial score (nSPS) is 10.5. The lowest BCUT2D eigenvalue weighted by atomic mass is 10.2. The number of rotatable bonds is 4. The van der Waals surface area contributed by atoms with Crippen molar-refractivity contribution < 1.29 is 9.90 Å². The number of carbonyl (C=O) groups is 1. The summed E-state index contributed by atoms with van der Waals surface area (Å²) in [6.45, 7) is 4.54. The maximum absolute atomic E-state index is 12.3. The summed E-state index contributed by atoms with van der Waals surface area (Å²) in [5.41, 5.74) is 7.90. The van der Waals surface area contributed by atoms with E-state index in [-0.39, 0.29) is 11.7 Å². The Bertz CT molecular complexity index is 634. The van der Waals surface area contributed by atoms with Crippen molar-refractivity contribution in [1.82, 2.24) is 9.78 Å². The SMILES string of the molecule is CCc1cc(C(=O)Nc2ccc(O)cc2N)n(CC)n1. The predicted molar refractivity (Wildman–Crippen MR) is 77.8 cm³/mol. The molecule has 6 heteroatoms. The first-order chi connectivity index (χ1) is 9.55. The van der Waals surface area contributed by atoms with Gasteiger partial charge >= 0.3 is 0 Å². The molecule has 0 saturated carbocycles. The molecule has 0 unspecified atom stereocenters. The van der Waals surface area contributed by atoms with Gasteiger partial charge in [-0.25, -0.2) is 0 Å². The van der Waals surface area contributed by atoms with E-state index < -0.39 is 0 Å². The molecule has 1 aromatic carbocycles. The topological polar surface area (TPSA) is 93.2 Å². The average molecular weight is 274 g/mol. The van der Waals surface area contributed by atoms with Crippen LogP contribution in [-0.2, 0) is 13.0 Å². The van der Waals surface area contributed by atoms with Crippen molar-refractivity contribution in [2.75, 3.05) is 11.1 Å². The fourth-order valence-electron chi connectivity index (χ4n) is 1.92. The molecule has 0 aliphatic rings. The highest BCUT2D eigenvalue weighted by Crippen LogP contribution is 2.23. The Kier molecular flexibility index (Phi) is 3.93. The van der Waals surface area contributed by atoms with E-state index in [9.17, 15) is 9.90 Å². The number of nitrogens with one attached hydrogen (secondary N) is 1. The Labute approximate surface area is 117 Å². The summed E-state index contributed by atoms with van der Waals surface area (Å²) in [6.07, 6.45) is 0.772. The maximum Gasteiger partial charge on any atom is 0.273 e. The Morgan fingerprint density at radius 1 is 1.40 bits per heavy atom. The van der Waals surface area contributed by atoms with Crippen molar-refractivity contribution >= 4 is 17.3 Å². The van der Waals surface area contributed by atoms with Crippen LogP contribution in [0, 0.1) is 0 Å². The van der Waals surface area contributed by atoms with Gasteiger partial charge in [0.1, 0.15) is 11.4 Å². The van der Waals surface area contributed by atoms with Crippen LogP contribution in [-0.4, -0.2) is 20.8 Å². The lowest BCUT2D eigenvalue weighted by Crippen LogP contribution is -2.18. The maximum atomic E-state index is 12.3. The predicted octanol–water partition coefficient (Wildman–Crippen LogP) is 2.01. The van der Waals surface area contributed by atoms with Crippen molar-refractivity contribution in [2.24, 2.45) is 0 Å². The largest absolute Gasteiger partial charge is 0.508 e. The molecule has 1 aromatic heterocycles. The van der Waals surface area contributed by atoms with Crippen molar-refractivity contribution in [1.29, 1.82) is 0 Å². The zero-order valence-corrected chi connectivity index (χ0v) is 11.6. The minimum Gasteiger partial charge on any atom is -0.508 e. The number of nitrogens with two attached hydrogens (primary N) is 1. The van der Waals surface area contributed by atoms with Crippen molar-refractivity contribution in [3.05, 3.63) is 35.7 Å². The molecule has 0 saturated heterocycles. The highest BCUT2D eigenvalue weighted by Gasteiger charge is 2.15. The van der Waals surface area contributed by atoms with Gasteiger partial charge in [0.2, 0.25) is 0 Å². The number of nitrogens with zero attached hydrogens (tertiary/aromatic N) is 2. The fraction of sp³-hybridized carbons (Fsp3) is 0.286. The number of hydrogen-bond donors (Lipinski definition) is 3.